The third-order valence-electron chi connectivity index (χ3n) is 5.38. The van der Waals surface area contributed by atoms with Gasteiger partial charge in [0, 0.05) is 35.7 Å². The van der Waals surface area contributed by atoms with E-state index in [1.54, 1.807) is 31.1 Å². The maximum atomic E-state index is 13.2. The Morgan fingerprint density at radius 2 is 2.10 bits per heavy atom. The van der Waals surface area contributed by atoms with Crippen molar-refractivity contribution >= 4 is 27.7 Å². The van der Waals surface area contributed by atoms with Gasteiger partial charge >= 0.3 is 0 Å². The molecule has 1 aliphatic heterocycles. The van der Waals surface area contributed by atoms with E-state index in [2.05, 4.69) is 20.9 Å². The van der Waals surface area contributed by atoms with Gasteiger partial charge in [0.1, 0.15) is 17.5 Å². The highest BCUT2D eigenvalue weighted by molar-refractivity contribution is 9.10. The first kappa shape index (κ1) is 23.1. The molecule has 7 nitrogen and oxygen atoms in total. The first-order chi connectivity index (χ1) is 14.7. The molecule has 2 amide bonds. The second-order valence-corrected chi connectivity index (χ2v) is 8.74. The van der Waals surface area contributed by atoms with Gasteiger partial charge in [-0.3, -0.25) is 9.59 Å². The summed E-state index contributed by atoms with van der Waals surface area (Å²) in [6, 6.07) is 6.62. The Balaban J connectivity index is 1.89. The minimum absolute atomic E-state index is 0.153. The van der Waals surface area contributed by atoms with Crippen molar-refractivity contribution in [1.29, 1.82) is 0 Å². The standard InChI is InChI=1S/C22H25BrFN3O4/c1-13-10-27(14(2)12-28)22(30)18-8-16(23)9-25-20(18)31-19(13)11-26(3)21(29)15-4-6-17(24)7-5-15/h4-9,13-14,19,28H,10-12H2,1-3H3/t13-,14+,19+/m0/s1. The number of ether oxygens (including phenoxy) is 1. The predicted octanol–water partition coefficient (Wildman–Crippen LogP) is 2.98. The van der Waals surface area contributed by atoms with Gasteiger partial charge in [-0.05, 0) is 53.2 Å². The number of rotatable bonds is 5. The Morgan fingerprint density at radius 3 is 2.74 bits per heavy atom. The summed E-state index contributed by atoms with van der Waals surface area (Å²) in [7, 11) is 1.65. The molecule has 3 atom stereocenters. The van der Waals surface area contributed by atoms with Crippen LogP contribution in [0.25, 0.3) is 0 Å². The highest BCUT2D eigenvalue weighted by Crippen LogP contribution is 2.28. The van der Waals surface area contributed by atoms with Crippen LogP contribution >= 0.6 is 15.9 Å². The van der Waals surface area contributed by atoms with Crippen molar-refractivity contribution < 1.29 is 23.8 Å². The van der Waals surface area contributed by atoms with Gasteiger partial charge in [-0.1, -0.05) is 6.92 Å². The number of likely N-dealkylation sites (N-methyl/N-ethyl adjacent to an activating group) is 1. The highest BCUT2D eigenvalue weighted by atomic mass is 79.9. The van der Waals surface area contributed by atoms with Gasteiger partial charge in [-0.15, -0.1) is 0 Å². The minimum Gasteiger partial charge on any atom is -0.472 e. The van der Waals surface area contributed by atoms with Crippen LogP contribution in [0, 0.1) is 11.7 Å². The number of aromatic nitrogens is 1. The molecule has 0 fully saturated rings. The topological polar surface area (TPSA) is 83.0 Å². The van der Waals surface area contributed by atoms with Crippen LogP contribution in [0.15, 0.2) is 41.0 Å². The van der Waals surface area contributed by atoms with Gasteiger partial charge in [0.15, 0.2) is 0 Å². The molecule has 9 heteroatoms. The van der Waals surface area contributed by atoms with Gasteiger partial charge in [-0.25, -0.2) is 9.37 Å². The number of hydrogen-bond donors (Lipinski definition) is 1. The minimum atomic E-state index is -0.455. The lowest BCUT2D eigenvalue weighted by atomic mass is 10.00. The summed E-state index contributed by atoms with van der Waals surface area (Å²) in [5.74, 6) is -0.916. The number of hydrogen-bond acceptors (Lipinski definition) is 5. The van der Waals surface area contributed by atoms with Gasteiger partial charge < -0.3 is 19.6 Å². The molecule has 0 saturated carbocycles. The molecule has 2 heterocycles. The molecule has 1 aliphatic rings. The van der Waals surface area contributed by atoms with Crippen LogP contribution in [0.1, 0.15) is 34.6 Å². The van der Waals surface area contributed by atoms with E-state index >= 15 is 0 Å². The first-order valence-corrected chi connectivity index (χ1v) is 10.8. The van der Waals surface area contributed by atoms with E-state index in [-0.39, 0.29) is 42.8 Å². The summed E-state index contributed by atoms with van der Waals surface area (Å²) < 4.78 is 19.9. The van der Waals surface area contributed by atoms with Crippen LogP contribution in [0.2, 0.25) is 0 Å². The zero-order chi connectivity index (χ0) is 22.7. The van der Waals surface area contributed by atoms with E-state index in [1.807, 2.05) is 6.92 Å². The van der Waals surface area contributed by atoms with Crippen LogP contribution in [0.5, 0.6) is 5.88 Å². The summed E-state index contributed by atoms with van der Waals surface area (Å²) in [6.07, 6.45) is 1.09. The molecule has 0 unspecified atom stereocenters. The summed E-state index contributed by atoms with van der Waals surface area (Å²) >= 11 is 3.34. The fourth-order valence-electron chi connectivity index (χ4n) is 3.46. The van der Waals surface area contributed by atoms with Crippen molar-refractivity contribution in [2.24, 2.45) is 5.92 Å². The number of amides is 2. The molecule has 0 aliphatic carbocycles. The molecule has 0 bridgehead atoms. The van der Waals surface area contributed by atoms with Crippen LogP contribution < -0.4 is 4.74 Å². The second kappa shape index (κ2) is 9.74. The Morgan fingerprint density at radius 1 is 1.42 bits per heavy atom. The number of carbonyl (C=O) groups is 2. The molecular weight excluding hydrogens is 469 g/mol. The molecule has 0 saturated heterocycles. The SMILES string of the molecule is C[C@H](CO)N1C[C@H](C)[C@@H](CN(C)C(=O)c2ccc(F)cc2)Oc2ncc(Br)cc2C1=O. The largest absolute Gasteiger partial charge is 0.472 e. The Labute approximate surface area is 189 Å². The van der Waals surface area contributed by atoms with Crippen molar-refractivity contribution in [3.05, 3.63) is 57.9 Å². The van der Waals surface area contributed by atoms with Gasteiger partial charge in [0.25, 0.3) is 11.8 Å². The molecule has 2 aromatic rings. The summed E-state index contributed by atoms with van der Waals surface area (Å²) in [4.78, 5) is 33.3. The summed E-state index contributed by atoms with van der Waals surface area (Å²) in [5.41, 5.74) is 0.662. The average molecular weight is 494 g/mol. The maximum absolute atomic E-state index is 13.2. The Bertz CT molecular complexity index is 956. The van der Waals surface area contributed by atoms with Gasteiger partial charge in [0.05, 0.1) is 19.2 Å². The number of halogens is 2. The lowest BCUT2D eigenvalue weighted by Gasteiger charge is -2.37. The molecule has 31 heavy (non-hydrogen) atoms. The molecule has 1 aromatic heterocycles. The average Bonchev–Trinajstić information content (AvgIpc) is 2.76. The third kappa shape index (κ3) is 5.22. The van der Waals surface area contributed by atoms with Crippen molar-refractivity contribution in [2.75, 3.05) is 26.7 Å². The number of aliphatic hydroxyl groups excluding tert-OH is 1. The number of aliphatic hydroxyl groups is 1. The third-order valence-corrected chi connectivity index (χ3v) is 5.81. The van der Waals surface area contributed by atoms with Crippen molar-refractivity contribution in [3.8, 4) is 5.88 Å². The predicted molar refractivity (Wildman–Crippen MR) is 116 cm³/mol. The van der Waals surface area contributed by atoms with Crippen molar-refractivity contribution in [3.63, 3.8) is 0 Å². The molecule has 1 aromatic carbocycles. The zero-order valence-electron chi connectivity index (χ0n) is 17.6. The van der Waals surface area contributed by atoms with E-state index in [0.29, 0.717) is 22.1 Å². The molecule has 166 valence electrons. The van der Waals surface area contributed by atoms with E-state index in [9.17, 15) is 19.1 Å². The fraction of sp³-hybridized carbons (Fsp3) is 0.409. The van der Waals surface area contributed by atoms with Crippen LogP contribution in [0.4, 0.5) is 4.39 Å². The van der Waals surface area contributed by atoms with Crippen LogP contribution in [0.3, 0.4) is 0 Å². The molecule has 3 rings (SSSR count). The van der Waals surface area contributed by atoms with Crippen LogP contribution in [-0.4, -0.2) is 70.6 Å². The van der Waals surface area contributed by atoms with E-state index < -0.39 is 11.9 Å². The Kier molecular flexibility index (Phi) is 7.27. The zero-order valence-corrected chi connectivity index (χ0v) is 19.2. The van der Waals surface area contributed by atoms with Gasteiger partial charge in [-0.2, -0.15) is 0 Å². The van der Waals surface area contributed by atoms with E-state index in [1.165, 1.54) is 29.2 Å². The highest BCUT2D eigenvalue weighted by Gasteiger charge is 2.34. The number of carbonyl (C=O) groups excluding carboxylic acids is 2. The van der Waals surface area contributed by atoms with E-state index in [4.69, 9.17) is 4.74 Å². The quantitative estimate of drug-likeness (QED) is 0.692. The molecule has 0 radical (unpaired) electrons. The van der Waals surface area contributed by atoms with E-state index in [0.717, 1.165) is 0 Å². The van der Waals surface area contributed by atoms with Crippen LogP contribution in [-0.2, 0) is 0 Å². The number of nitrogens with zero attached hydrogens (tertiary/aromatic N) is 3. The number of fused-ring (bicyclic) bond motifs is 1. The lowest BCUT2D eigenvalue weighted by molar-refractivity contribution is 0.0313. The van der Waals surface area contributed by atoms with Crippen molar-refractivity contribution in [2.45, 2.75) is 26.0 Å². The summed E-state index contributed by atoms with van der Waals surface area (Å²) in [6.45, 7) is 4.11. The smallest absolute Gasteiger partial charge is 0.259 e. The molecule has 1 N–H and O–H groups in total. The monoisotopic (exact) mass is 493 g/mol. The molecule has 0 spiro atoms. The second-order valence-electron chi connectivity index (χ2n) is 7.82. The molecular formula is C22H25BrFN3O4. The van der Waals surface area contributed by atoms with Crippen molar-refractivity contribution in [1.82, 2.24) is 14.8 Å². The number of benzene rings is 1. The van der Waals surface area contributed by atoms with Gasteiger partial charge in [0.2, 0.25) is 5.88 Å². The lowest BCUT2D eigenvalue weighted by Crippen LogP contribution is -2.50. The normalized spacial score (nSPS) is 19.7. The number of pyridine rings is 1. The fourth-order valence-corrected chi connectivity index (χ4v) is 3.79. The summed E-state index contributed by atoms with van der Waals surface area (Å²) in [5, 5.41) is 9.66. The maximum Gasteiger partial charge on any atom is 0.259 e. The Hall–Kier alpha value is -2.52. The first-order valence-electron chi connectivity index (χ1n) is 9.96.